The van der Waals surface area contributed by atoms with Crippen LogP contribution in [0.2, 0.25) is 5.02 Å². The fourth-order valence-electron chi connectivity index (χ4n) is 2.42. The minimum Gasteiger partial charge on any atom is -0.326 e. The van der Waals surface area contributed by atoms with Gasteiger partial charge in [0.15, 0.2) is 5.82 Å². The number of benzene rings is 1. The Bertz CT molecular complexity index is 762. The van der Waals surface area contributed by atoms with Crippen molar-refractivity contribution in [1.29, 1.82) is 0 Å². The topological polar surface area (TPSA) is 56.7 Å². The van der Waals surface area contributed by atoms with Gasteiger partial charge in [0.05, 0.1) is 11.0 Å². The monoisotopic (exact) mass is 300 g/mol. The number of pyridine rings is 1. The summed E-state index contributed by atoms with van der Waals surface area (Å²) in [7, 11) is 0. The minimum atomic E-state index is 0.494. The van der Waals surface area contributed by atoms with Crippen molar-refractivity contribution in [2.75, 3.05) is 0 Å². The number of aryl methyl sites for hydroxylation is 1. The van der Waals surface area contributed by atoms with Gasteiger partial charge in [-0.2, -0.15) is 0 Å². The van der Waals surface area contributed by atoms with Gasteiger partial charge in [-0.1, -0.05) is 24.6 Å². The molecule has 4 nitrogen and oxygen atoms in total. The number of rotatable bonds is 4. The highest BCUT2D eigenvalue weighted by atomic mass is 35.5. The lowest BCUT2D eigenvalue weighted by Crippen LogP contribution is -2.02. The van der Waals surface area contributed by atoms with E-state index in [1.807, 2.05) is 30.3 Å². The zero-order chi connectivity index (χ0) is 14.8. The average Bonchev–Trinajstić information content (AvgIpc) is 2.86. The number of nitrogens with zero attached hydrogens (tertiary/aromatic N) is 3. The molecule has 2 aromatic heterocycles. The van der Waals surface area contributed by atoms with Gasteiger partial charge >= 0.3 is 0 Å². The number of hydrogen-bond donors (Lipinski definition) is 1. The van der Waals surface area contributed by atoms with Crippen LogP contribution in [0.4, 0.5) is 0 Å². The number of imidazole rings is 1. The summed E-state index contributed by atoms with van der Waals surface area (Å²) in [4.78, 5) is 9.19. The van der Waals surface area contributed by atoms with Gasteiger partial charge in [0.2, 0.25) is 0 Å². The molecule has 3 aromatic rings. The van der Waals surface area contributed by atoms with E-state index in [-0.39, 0.29) is 0 Å². The van der Waals surface area contributed by atoms with E-state index in [9.17, 15) is 0 Å². The Labute approximate surface area is 128 Å². The maximum absolute atomic E-state index is 6.12. The Morgan fingerprint density at radius 2 is 2.10 bits per heavy atom. The second-order valence-corrected chi connectivity index (χ2v) is 5.41. The molecule has 3 rings (SSSR count). The van der Waals surface area contributed by atoms with Gasteiger partial charge < -0.3 is 10.3 Å². The van der Waals surface area contributed by atoms with Crippen LogP contribution < -0.4 is 5.73 Å². The first-order valence-corrected chi connectivity index (χ1v) is 7.42. The second-order valence-electron chi connectivity index (χ2n) is 4.98. The fourth-order valence-corrected chi connectivity index (χ4v) is 2.59. The van der Waals surface area contributed by atoms with E-state index in [2.05, 4.69) is 16.5 Å². The van der Waals surface area contributed by atoms with Crippen LogP contribution in [0.3, 0.4) is 0 Å². The lowest BCUT2D eigenvalue weighted by molar-refractivity contribution is 0.702. The molecule has 0 aliphatic carbocycles. The van der Waals surface area contributed by atoms with Crippen molar-refractivity contribution in [2.45, 2.75) is 26.4 Å². The average molecular weight is 301 g/mol. The Morgan fingerprint density at radius 1 is 1.24 bits per heavy atom. The van der Waals surface area contributed by atoms with Crippen molar-refractivity contribution in [3.05, 3.63) is 47.1 Å². The molecule has 2 N–H and O–H groups in total. The number of hydrogen-bond acceptors (Lipinski definition) is 3. The molecule has 0 spiro atoms. The summed E-state index contributed by atoms with van der Waals surface area (Å²) in [5.41, 5.74) is 9.47. The highest BCUT2D eigenvalue weighted by Crippen LogP contribution is 2.26. The van der Waals surface area contributed by atoms with E-state index < -0.39 is 0 Å². The molecule has 2 heterocycles. The van der Waals surface area contributed by atoms with Gasteiger partial charge in [-0.3, -0.25) is 4.98 Å². The van der Waals surface area contributed by atoms with Gasteiger partial charge in [0.1, 0.15) is 5.69 Å². The fraction of sp³-hybridized carbons (Fsp3) is 0.250. The molecular formula is C16H17ClN4. The van der Waals surface area contributed by atoms with E-state index in [0.29, 0.717) is 6.54 Å². The van der Waals surface area contributed by atoms with E-state index in [1.165, 1.54) is 0 Å². The van der Waals surface area contributed by atoms with Crippen LogP contribution in [-0.4, -0.2) is 14.5 Å². The van der Waals surface area contributed by atoms with Crippen LogP contribution in [0.15, 0.2) is 36.5 Å². The van der Waals surface area contributed by atoms with Crippen molar-refractivity contribution in [2.24, 2.45) is 5.73 Å². The lowest BCUT2D eigenvalue weighted by Gasteiger charge is -2.07. The van der Waals surface area contributed by atoms with E-state index in [1.54, 1.807) is 6.20 Å². The van der Waals surface area contributed by atoms with Crippen LogP contribution in [0.5, 0.6) is 0 Å². The largest absolute Gasteiger partial charge is 0.326 e. The molecule has 108 valence electrons. The predicted molar refractivity (Wildman–Crippen MR) is 86.2 cm³/mol. The Kier molecular flexibility index (Phi) is 3.90. The summed E-state index contributed by atoms with van der Waals surface area (Å²) in [5, 5.41) is 0.720. The number of halogens is 1. The Balaban J connectivity index is 2.17. The number of aromatic nitrogens is 3. The first-order valence-electron chi connectivity index (χ1n) is 7.04. The molecule has 1 aromatic carbocycles. The lowest BCUT2D eigenvalue weighted by atomic mass is 10.2. The molecule has 0 saturated carbocycles. The smallest absolute Gasteiger partial charge is 0.159 e. The van der Waals surface area contributed by atoms with Gasteiger partial charge in [0, 0.05) is 24.3 Å². The summed E-state index contributed by atoms with van der Waals surface area (Å²) in [5.74, 6) is 0.873. The Morgan fingerprint density at radius 3 is 2.76 bits per heavy atom. The maximum Gasteiger partial charge on any atom is 0.159 e. The van der Waals surface area contributed by atoms with Crippen LogP contribution >= 0.6 is 11.6 Å². The standard InChI is InChI=1S/C16H17ClN4/c1-2-7-21-15-8-12(17)4-6-13(15)20-16(21)14-5-3-11(9-18)10-19-14/h3-6,8,10H,2,7,9,18H2,1H3. The third-order valence-electron chi connectivity index (χ3n) is 3.45. The third kappa shape index (κ3) is 2.64. The molecule has 0 aliphatic heterocycles. The van der Waals surface area contributed by atoms with Crippen molar-refractivity contribution in [3.63, 3.8) is 0 Å². The summed E-state index contributed by atoms with van der Waals surface area (Å²) in [6, 6.07) is 9.73. The van der Waals surface area contributed by atoms with Gasteiger partial charge in [-0.25, -0.2) is 4.98 Å². The summed E-state index contributed by atoms with van der Waals surface area (Å²) < 4.78 is 2.17. The van der Waals surface area contributed by atoms with Gasteiger partial charge in [0.25, 0.3) is 0 Å². The zero-order valence-electron chi connectivity index (χ0n) is 11.9. The van der Waals surface area contributed by atoms with Gasteiger partial charge in [-0.15, -0.1) is 0 Å². The van der Waals surface area contributed by atoms with E-state index >= 15 is 0 Å². The minimum absolute atomic E-state index is 0.494. The van der Waals surface area contributed by atoms with Crippen LogP contribution in [0.25, 0.3) is 22.6 Å². The Hall–Kier alpha value is -1.91. The SMILES string of the molecule is CCCn1c(-c2ccc(CN)cn2)nc2ccc(Cl)cc21. The summed E-state index contributed by atoms with van der Waals surface area (Å²) in [6.07, 6.45) is 2.82. The highest BCUT2D eigenvalue weighted by Gasteiger charge is 2.13. The maximum atomic E-state index is 6.12. The first kappa shape index (κ1) is 14.0. The van der Waals surface area contributed by atoms with Gasteiger partial charge in [-0.05, 0) is 36.2 Å². The van der Waals surface area contributed by atoms with Crippen molar-refractivity contribution in [1.82, 2.24) is 14.5 Å². The molecule has 0 radical (unpaired) electrons. The van der Waals surface area contributed by atoms with Crippen molar-refractivity contribution >= 4 is 22.6 Å². The van der Waals surface area contributed by atoms with Crippen molar-refractivity contribution in [3.8, 4) is 11.5 Å². The predicted octanol–water partition coefficient (Wildman–Crippen LogP) is 3.62. The normalized spacial score (nSPS) is 11.2. The van der Waals surface area contributed by atoms with Crippen LogP contribution in [0, 0.1) is 0 Å². The molecular weight excluding hydrogens is 284 g/mol. The third-order valence-corrected chi connectivity index (χ3v) is 3.68. The number of fused-ring (bicyclic) bond motifs is 1. The molecule has 0 amide bonds. The molecule has 0 fully saturated rings. The quantitative estimate of drug-likeness (QED) is 0.800. The first-order chi connectivity index (χ1) is 10.2. The molecule has 0 unspecified atom stereocenters. The molecule has 0 saturated heterocycles. The van der Waals surface area contributed by atoms with Crippen molar-refractivity contribution < 1.29 is 0 Å². The summed E-state index contributed by atoms with van der Waals surface area (Å²) >= 11 is 6.12. The summed E-state index contributed by atoms with van der Waals surface area (Å²) in [6.45, 7) is 3.52. The molecule has 0 atom stereocenters. The van der Waals surface area contributed by atoms with E-state index in [4.69, 9.17) is 22.3 Å². The highest BCUT2D eigenvalue weighted by molar-refractivity contribution is 6.31. The second kappa shape index (κ2) is 5.84. The molecule has 0 aliphatic rings. The van der Waals surface area contributed by atoms with Crippen LogP contribution in [0.1, 0.15) is 18.9 Å². The van der Waals surface area contributed by atoms with Crippen LogP contribution in [-0.2, 0) is 13.1 Å². The number of nitrogens with two attached hydrogens (primary N) is 1. The molecule has 5 heteroatoms. The molecule has 21 heavy (non-hydrogen) atoms. The van der Waals surface area contributed by atoms with E-state index in [0.717, 1.165) is 46.1 Å². The zero-order valence-corrected chi connectivity index (χ0v) is 12.6. The molecule has 0 bridgehead atoms.